The zero-order chi connectivity index (χ0) is 19.5. The van der Waals surface area contributed by atoms with Gasteiger partial charge >= 0.3 is 6.03 Å². The summed E-state index contributed by atoms with van der Waals surface area (Å²) in [4.78, 5) is 28.9. The first-order chi connectivity index (χ1) is 13.6. The fraction of sp³-hybridized carbons (Fsp3) is 0.250. The number of fused-ring (bicyclic) bond motifs is 1. The van der Waals surface area contributed by atoms with Crippen LogP contribution in [0.5, 0.6) is 0 Å². The molecule has 3 N–H and O–H groups in total. The summed E-state index contributed by atoms with van der Waals surface area (Å²) in [5, 5.41) is 8.78. The smallest absolute Gasteiger partial charge is 0.319 e. The fourth-order valence-corrected chi connectivity index (χ4v) is 3.06. The molecule has 28 heavy (non-hydrogen) atoms. The molecule has 1 saturated carbocycles. The number of amides is 3. The molecule has 1 fully saturated rings. The number of nitrogens with one attached hydrogen (secondary N) is 3. The predicted octanol–water partition coefficient (Wildman–Crippen LogP) is 3.24. The molecule has 1 aromatic carbocycles. The summed E-state index contributed by atoms with van der Waals surface area (Å²) in [6.45, 7) is 0.443. The Hall–Kier alpha value is -3.06. The number of urea groups is 1. The minimum atomic E-state index is -0.348. The van der Waals surface area contributed by atoms with Crippen molar-refractivity contribution >= 4 is 34.9 Å². The molecular weight excluding hydrogens is 378 g/mol. The van der Waals surface area contributed by atoms with E-state index >= 15 is 0 Å². The van der Waals surface area contributed by atoms with Crippen LogP contribution in [0.4, 0.5) is 10.5 Å². The third kappa shape index (κ3) is 4.43. The third-order valence-electron chi connectivity index (χ3n) is 4.46. The van der Waals surface area contributed by atoms with Crippen molar-refractivity contribution < 1.29 is 9.59 Å². The van der Waals surface area contributed by atoms with Crippen molar-refractivity contribution in [2.45, 2.75) is 25.3 Å². The van der Waals surface area contributed by atoms with Gasteiger partial charge in [0.15, 0.2) is 0 Å². The third-order valence-corrected chi connectivity index (χ3v) is 4.79. The lowest BCUT2D eigenvalue weighted by atomic mass is 10.2. The van der Waals surface area contributed by atoms with Crippen molar-refractivity contribution in [1.29, 1.82) is 0 Å². The summed E-state index contributed by atoms with van der Waals surface area (Å²) in [5.74, 6) is -0.219. The Labute approximate surface area is 167 Å². The number of hydrogen-bond acceptors (Lipinski definition) is 3. The minimum Gasteiger partial charge on any atom is -0.349 e. The molecule has 7 nitrogen and oxygen atoms in total. The van der Waals surface area contributed by atoms with Gasteiger partial charge in [-0.3, -0.25) is 4.79 Å². The van der Waals surface area contributed by atoms with Crippen molar-refractivity contribution in [2.75, 3.05) is 11.9 Å². The summed E-state index contributed by atoms with van der Waals surface area (Å²) in [6.07, 6.45) is 6.49. The Bertz CT molecular complexity index is 995. The van der Waals surface area contributed by atoms with Crippen LogP contribution in [-0.2, 0) is 6.42 Å². The van der Waals surface area contributed by atoms with E-state index in [1.54, 1.807) is 18.2 Å². The lowest BCUT2D eigenvalue weighted by Crippen LogP contribution is -2.31. The van der Waals surface area contributed by atoms with Crippen LogP contribution in [0.15, 0.2) is 48.8 Å². The Morgan fingerprint density at radius 2 is 2.07 bits per heavy atom. The predicted molar refractivity (Wildman–Crippen MR) is 108 cm³/mol. The van der Waals surface area contributed by atoms with Gasteiger partial charge in [-0.1, -0.05) is 17.7 Å². The summed E-state index contributed by atoms with van der Waals surface area (Å²) >= 11 is 6.12. The van der Waals surface area contributed by atoms with Gasteiger partial charge in [-0.05, 0) is 43.2 Å². The summed E-state index contributed by atoms with van der Waals surface area (Å²) < 4.78 is 1.94. The van der Waals surface area contributed by atoms with E-state index in [-0.39, 0.29) is 18.0 Å². The topological polar surface area (TPSA) is 87.5 Å². The van der Waals surface area contributed by atoms with Gasteiger partial charge in [-0.25, -0.2) is 9.78 Å². The van der Waals surface area contributed by atoms with Gasteiger partial charge in [0, 0.05) is 37.1 Å². The number of benzene rings is 1. The molecule has 0 spiro atoms. The van der Waals surface area contributed by atoms with Crippen LogP contribution in [-0.4, -0.2) is 33.9 Å². The molecule has 4 rings (SSSR count). The van der Waals surface area contributed by atoms with E-state index in [2.05, 4.69) is 20.9 Å². The van der Waals surface area contributed by atoms with Crippen LogP contribution in [0.2, 0.25) is 5.02 Å². The number of rotatable bonds is 6. The highest BCUT2D eigenvalue weighted by Crippen LogP contribution is 2.23. The molecule has 8 heteroatoms. The SMILES string of the molecule is O=C(NCCc1cn2ccccc2n1)Nc1ccc(Cl)c(C(=O)NC2CC2)c1. The Kier molecular flexibility index (Phi) is 5.16. The molecule has 2 aromatic heterocycles. The monoisotopic (exact) mass is 397 g/mol. The van der Waals surface area contributed by atoms with Crippen molar-refractivity contribution in [3.8, 4) is 0 Å². The summed E-state index contributed by atoms with van der Waals surface area (Å²) in [7, 11) is 0. The molecule has 0 radical (unpaired) electrons. The van der Waals surface area contributed by atoms with E-state index in [1.165, 1.54) is 0 Å². The highest BCUT2D eigenvalue weighted by molar-refractivity contribution is 6.34. The van der Waals surface area contributed by atoms with E-state index in [0.29, 0.717) is 29.2 Å². The maximum atomic E-state index is 12.2. The molecule has 0 unspecified atom stereocenters. The lowest BCUT2D eigenvalue weighted by molar-refractivity contribution is 0.0951. The first-order valence-corrected chi connectivity index (χ1v) is 9.54. The maximum Gasteiger partial charge on any atom is 0.319 e. The van der Waals surface area contributed by atoms with E-state index in [0.717, 1.165) is 24.2 Å². The van der Waals surface area contributed by atoms with Gasteiger partial charge < -0.3 is 20.4 Å². The van der Waals surface area contributed by atoms with Crippen LogP contribution in [0.25, 0.3) is 5.65 Å². The average Bonchev–Trinajstić information content (AvgIpc) is 3.39. The number of carbonyl (C=O) groups is 2. The average molecular weight is 398 g/mol. The fourth-order valence-electron chi connectivity index (χ4n) is 2.85. The van der Waals surface area contributed by atoms with Crippen molar-refractivity contribution in [1.82, 2.24) is 20.0 Å². The van der Waals surface area contributed by atoms with Gasteiger partial charge in [0.25, 0.3) is 5.91 Å². The Morgan fingerprint density at radius 1 is 1.21 bits per heavy atom. The first-order valence-electron chi connectivity index (χ1n) is 9.16. The number of anilines is 1. The molecule has 1 aliphatic rings. The van der Waals surface area contributed by atoms with E-state index < -0.39 is 0 Å². The van der Waals surface area contributed by atoms with Gasteiger partial charge in [0.1, 0.15) is 5.65 Å². The molecule has 144 valence electrons. The van der Waals surface area contributed by atoms with Gasteiger partial charge in [0.2, 0.25) is 0 Å². The second kappa shape index (κ2) is 7.90. The molecule has 0 bridgehead atoms. The number of aromatic nitrogens is 2. The van der Waals surface area contributed by atoms with Crippen LogP contribution in [0, 0.1) is 0 Å². The lowest BCUT2D eigenvalue weighted by Gasteiger charge is -2.10. The number of halogens is 1. The van der Waals surface area contributed by atoms with Crippen molar-refractivity contribution in [3.63, 3.8) is 0 Å². The second-order valence-electron chi connectivity index (χ2n) is 6.77. The molecule has 2 heterocycles. The second-order valence-corrected chi connectivity index (χ2v) is 7.18. The van der Waals surface area contributed by atoms with Gasteiger partial charge in [0.05, 0.1) is 16.3 Å². The summed E-state index contributed by atoms with van der Waals surface area (Å²) in [5.41, 5.74) is 2.64. The number of hydrogen-bond donors (Lipinski definition) is 3. The van der Waals surface area contributed by atoms with E-state index in [1.807, 2.05) is 35.0 Å². The number of carbonyl (C=O) groups excluding carboxylic acids is 2. The molecular formula is C20H20ClN5O2. The zero-order valence-corrected chi connectivity index (χ0v) is 15.9. The van der Waals surface area contributed by atoms with E-state index in [4.69, 9.17) is 11.6 Å². The molecule has 3 aromatic rings. The Balaban J connectivity index is 1.31. The van der Waals surface area contributed by atoms with Crippen LogP contribution in [0.1, 0.15) is 28.9 Å². The molecule has 3 amide bonds. The van der Waals surface area contributed by atoms with Crippen LogP contribution >= 0.6 is 11.6 Å². The quantitative estimate of drug-likeness (QED) is 0.596. The van der Waals surface area contributed by atoms with Gasteiger partial charge in [-0.15, -0.1) is 0 Å². The Morgan fingerprint density at radius 3 is 2.86 bits per heavy atom. The molecule has 0 aliphatic heterocycles. The standard InChI is InChI=1S/C20H20ClN5O2/c21-17-7-6-14(11-16(17)19(27)24-13-4-5-13)25-20(28)22-9-8-15-12-26-10-2-1-3-18(26)23-15/h1-3,6-7,10-13H,4-5,8-9H2,(H,24,27)(H2,22,25,28). The zero-order valence-electron chi connectivity index (χ0n) is 15.1. The highest BCUT2D eigenvalue weighted by Gasteiger charge is 2.24. The van der Waals surface area contributed by atoms with E-state index in [9.17, 15) is 9.59 Å². The number of pyridine rings is 1. The van der Waals surface area contributed by atoms with Crippen LogP contribution in [0.3, 0.4) is 0 Å². The molecule has 0 saturated heterocycles. The van der Waals surface area contributed by atoms with Crippen molar-refractivity contribution in [3.05, 3.63) is 65.1 Å². The van der Waals surface area contributed by atoms with Gasteiger partial charge in [-0.2, -0.15) is 0 Å². The summed E-state index contributed by atoms with van der Waals surface area (Å²) in [6, 6.07) is 10.6. The number of nitrogens with zero attached hydrogens (tertiary/aromatic N) is 2. The largest absolute Gasteiger partial charge is 0.349 e. The highest BCUT2D eigenvalue weighted by atomic mass is 35.5. The first kappa shape index (κ1) is 18.3. The van der Waals surface area contributed by atoms with Crippen molar-refractivity contribution in [2.24, 2.45) is 0 Å². The van der Waals surface area contributed by atoms with Crippen LogP contribution < -0.4 is 16.0 Å². The maximum absolute atomic E-state index is 12.2. The number of imidazole rings is 1. The normalized spacial score (nSPS) is 13.3. The molecule has 0 atom stereocenters. The minimum absolute atomic E-state index is 0.219. The molecule has 1 aliphatic carbocycles.